The second-order valence-electron chi connectivity index (χ2n) is 16.5. The molecule has 1 atom stereocenters. The molecule has 268 valence electrons. The monoisotopic (exact) mass is 725 g/mol. The van der Waals surface area contributed by atoms with Gasteiger partial charge in [0.15, 0.2) is 0 Å². The Balaban J connectivity index is 1.11. The van der Waals surface area contributed by atoms with Crippen molar-refractivity contribution in [3.8, 4) is 44.5 Å². The third kappa shape index (κ3) is 4.40. The van der Waals surface area contributed by atoms with E-state index in [-0.39, 0.29) is 5.41 Å². The van der Waals surface area contributed by atoms with Crippen LogP contribution in [0.5, 0.6) is 0 Å². The van der Waals surface area contributed by atoms with Crippen molar-refractivity contribution in [1.82, 2.24) is 0 Å². The quantitative estimate of drug-likeness (QED) is 0.175. The lowest BCUT2D eigenvalue weighted by Gasteiger charge is -2.32. The van der Waals surface area contributed by atoms with Crippen LogP contribution >= 0.6 is 0 Å². The first-order valence-corrected chi connectivity index (χ1v) is 20.1. The van der Waals surface area contributed by atoms with Gasteiger partial charge in [-0.3, -0.25) is 0 Å². The standard InChI is InChI=1S/C56H39N/c1-55(2)49-21-11-8-18-43(49)46-30-28-41(34-52(46)55)57(40-26-24-37(25-27-40)36-14-4-3-5-15-36)42-29-31-47-44-19-9-12-22-50(44)56(54(47)35-42)51-23-13-10-20-45(51)48-32-38-16-6-7-17-39(38)33-53(48)56/h3-35H,1-2H3. The van der Waals surface area contributed by atoms with Crippen LogP contribution in [0.3, 0.4) is 0 Å². The Hall–Kier alpha value is -6.96. The Kier molecular flexibility index (Phi) is 6.67. The molecule has 1 unspecified atom stereocenters. The fourth-order valence-electron chi connectivity index (χ4n) is 10.7. The molecule has 3 aliphatic rings. The lowest BCUT2D eigenvalue weighted by molar-refractivity contribution is 0.660. The number of hydrogen-bond donors (Lipinski definition) is 0. The molecule has 0 fully saturated rings. The maximum Gasteiger partial charge on any atom is 0.0726 e. The zero-order chi connectivity index (χ0) is 37.9. The Morgan fingerprint density at radius 1 is 0.298 bits per heavy atom. The predicted octanol–water partition coefficient (Wildman–Crippen LogP) is 14.6. The van der Waals surface area contributed by atoms with Crippen LogP contribution in [0.4, 0.5) is 17.1 Å². The summed E-state index contributed by atoms with van der Waals surface area (Å²) in [6.45, 7) is 4.74. The summed E-state index contributed by atoms with van der Waals surface area (Å²) in [4.78, 5) is 2.48. The molecule has 0 heterocycles. The molecule has 0 radical (unpaired) electrons. The maximum atomic E-state index is 2.51. The van der Waals surface area contributed by atoms with Crippen molar-refractivity contribution in [2.75, 3.05) is 4.90 Å². The maximum absolute atomic E-state index is 2.51. The molecule has 1 nitrogen and oxygen atoms in total. The summed E-state index contributed by atoms with van der Waals surface area (Å²) in [5, 5.41) is 2.54. The van der Waals surface area contributed by atoms with Crippen LogP contribution < -0.4 is 4.90 Å². The van der Waals surface area contributed by atoms with Crippen LogP contribution in [-0.4, -0.2) is 0 Å². The highest BCUT2D eigenvalue weighted by molar-refractivity contribution is 6.00. The number of nitrogens with zero attached hydrogens (tertiary/aromatic N) is 1. The molecule has 0 saturated heterocycles. The van der Waals surface area contributed by atoms with Gasteiger partial charge in [-0.05, 0) is 137 Å². The first-order chi connectivity index (χ1) is 28.0. The minimum atomic E-state index is -0.456. The highest BCUT2D eigenvalue weighted by Crippen LogP contribution is 2.64. The van der Waals surface area contributed by atoms with Gasteiger partial charge in [0.05, 0.1) is 5.41 Å². The number of rotatable bonds is 4. The summed E-state index contributed by atoms with van der Waals surface area (Å²) < 4.78 is 0. The molecule has 9 aromatic rings. The zero-order valence-corrected chi connectivity index (χ0v) is 32.0. The highest BCUT2D eigenvalue weighted by Gasteiger charge is 2.52. The van der Waals surface area contributed by atoms with E-state index >= 15 is 0 Å². The summed E-state index contributed by atoms with van der Waals surface area (Å²) in [7, 11) is 0. The van der Waals surface area contributed by atoms with Gasteiger partial charge in [0.1, 0.15) is 0 Å². The summed E-state index contributed by atoms with van der Waals surface area (Å²) >= 11 is 0. The van der Waals surface area contributed by atoms with Gasteiger partial charge in [0, 0.05) is 22.5 Å². The highest BCUT2D eigenvalue weighted by atomic mass is 15.1. The van der Waals surface area contributed by atoms with Crippen molar-refractivity contribution in [2.24, 2.45) is 0 Å². The molecule has 1 heteroatoms. The van der Waals surface area contributed by atoms with Crippen LogP contribution in [0, 0.1) is 0 Å². The van der Waals surface area contributed by atoms with Crippen LogP contribution in [0.15, 0.2) is 200 Å². The second-order valence-corrected chi connectivity index (χ2v) is 16.5. The van der Waals surface area contributed by atoms with Crippen LogP contribution in [0.2, 0.25) is 0 Å². The largest absolute Gasteiger partial charge is 0.310 e. The molecule has 9 aromatic carbocycles. The molecular weight excluding hydrogens is 687 g/mol. The number of hydrogen-bond acceptors (Lipinski definition) is 1. The number of fused-ring (bicyclic) bond motifs is 14. The molecule has 0 bridgehead atoms. The molecule has 0 N–H and O–H groups in total. The number of benzene rings is 9. The fourth-order valence-corrected chi connectivity index (χ4v) is 10.7. The van der Waals surface area contributed by atoms with E-state index in [1.807, 2.05) is 0 Å². The van der Waals surface area contributed by atoms with E-state index in [0.29, 0.717) is 0 Å². The van der Waals surface area contributed by atoms with E-state index in [1.165, 1.54) is 88.7 Å². The third-order valence-corrected chi connectivity index (χ3v) is 13.3. The topological polar surface area (TPSA) is 3.24 Å². The molecule has 1 spiro atoms. The van der Waals surface area contributed by atoms with E-state index in [1.54, 1.807) is 0 Å². The van der Waals surface area contributed by atoms with Crippen molar-refractivity contribution in [3.05, 3.63) is 234 Å². The lowest BCUT2D eigenvalue weighted by atomic mass is 9.70. The average molecular weight is 726 g/mol. The Morgan fingerprint density at radius 2 is 0.737 bits per heavy atom. The van der Waals surface area contributed by atoms with Crippen molar-refractivity contribution < 1.29 is 0 Å². The fraction of sp³-hybridized carbons (Fsp3) is 0.0714. The van der Waals surface area contributed by atoms with E-state index in [2.05, 4.69) is 219 Å². The smallest absolute Gasteiger partial charge is 0.0726 e. The van der Waals surface area contributed by atoms with E-state index < -0.39 is 5.41 Å². The normalized spacial score (nSPS) is 16.1. The van der Waals surface area contributed by atoms with Gasteiger partial charge in [0.25, 0.3) is 0 Å². The SMILES string of the molecule is CC1(C)c2ccccc2-c2ccc(N(c3ccc(-c4ccccc4)cc3)c3ccc4c(c3)C3(c5ccccc5-4)c4ccccc4-c4cc5ccccc5cc43)cc21. The molecule has 0 aromatic heterocycles. The minimum Gasteiger partial charge on any atom is -0.310 e. The zero-order valence-electron chi connectivity index (χ0n) is 32.0. The number of anilines is 3. The van der Waals surface area contributed by atoms with Gasteiger partial charge >= 0.3 is 0 Å². The van der Waals surface area contributed by atoms with Gasteiger partial charge in [-0.2, -0.15) is 0 Å². The van der Waals surface area contributed by atoms with Gasteiger partial charge in [0.2, 0.25) is 0 Å². The first kappa shape index (κ1) is 32.3. The van der Waals surface area contributed by atoms with Crippen molar-refractivity contribution >= 4 is 27.8 Å². The van der Waals surface area contributed by atoms with Crippen LogP contribution in [0.25, 0.3) is 55.3 Å². The van der Waals surface area contributed by atoms with Gasteiger partial charge < -0.3 is 4.90 Å². The average Bonchev–Trinajstić information content (AvgIpc) is 3.81. The van der Waals surface area contributed by atoms with E-state index in [4.69, 9.17) is 0 Å². The predicted molar refractivity (Wildman–Crippen MR) is 238 cm³/mol. The third-order valence-electron chi connectivity index (χ3n) is 13.3. The Morgan fingerprint density at radius 3 is 1.40 bits per heavy atom. The minimum absolute atomic E-state index is 0.117. The van der Waals surface area contributed by atoms with Gasteiger partial charge in [-0.25, -0.2) is 0 Å². The molecule has 0 amide bonds. The Bertz CT molecular complexity index is 3100. The molecule has 3 aliphatic carbocycles. The van der Waals surface area contributed by atoms with Crippen LogP contribution in [0.1, 0.15) is 47.2 Å². The first-order valence-electron chi connectivity index (χ1n) is 20.1. The van der Waals surface area contributed by atoms with Gasteiger partial charge in [-0.1, -0.05) is 166 Å². The molecular formula is C56H39N. The summed E-state index contributed by atoms with van der Waals surface area (Å²) in [6.07, 6.45) is 0. The Labute approximate surface area is 334 Å². The van der Waals surface area contributed by atoms with Crippen LogP contribution in [-0.2, 0) is 10.8 Å². The second kappa shape index (κ2) is 11.8. The molecule has 0 saturated carbocycles. The van der Waals surface area contributed by atoms with Crippen molar-refractivity contribution in [2.45, 2.75) is 24.7 Å². The van der Waals surface area contributed by atoms with Gasteiger partial charge in [-0.15, -0.1) is 0 Å². The summed E-state index contributed by atoms with van der Waals surface area (Å²) in [6, 6.07) is 75.0. The van der Waals surface area contributed by atoms with Crippen molar-refractivity contribution in [3.63, 3.8) is 0 Å². The summed E-state index contributed by atoms with van der Waals surface area (Å²) in [5.41, 5.74) is 21.4. The molecule has 57 heavy (non-hydrogen) atoms. The molecule has 12 rings (SSSR count). The van der Waals surface area contributed by atoms with Crippen molar-refractivity contribution in [1.29, 1.82) is 0 Å². The lowest BCUT2D eigenvalue weighted by Crippen LogP contribution is -2.26. The molecule has 0 aliphatic heterocycles. The van der Waals surface area contributed by atoms with E-state index in [9.17, 15) is 0 Å². The summed E-state index contributed by atoms with van der Waals surface area (Å²) in [5.74, 6) is 0. The van der Waals surface area contributed by atoms with E-state index in [0.717, 1.165) is 17.1 Å².